The van der Waals surface area contributed by atoms with Gasteiger partial charge in [-0.05, 0) is 30.2 Å². The molecule has 2 rings (SSSR count). The zero-order chi connectivity index (χ0) is 14.0. The van der Waals surface area contributed by atoms with Gasteiger partial charge in [0, 0.05) is 29.7 Å². The molecule has 104 valence electrons. The van der Waals surface area contributed by atoms with E-state index in [1.54, 1.807) is 0 Å². The lowest BCUT2D eigenvalue weighted by molar-refractivity contribution is 0.0617. The summed E-state index contributed by atoms with van der Waals surface area (Å²) in [6.07, 6.45) is 1.97. The van der Waals surface area contributed by atoms with Crippen LogP contribution in [0, 0.1) is 5.41 Å². The Morgan fingerprint density at radius 3 is 2.63 bits per heavy atom. The first-order valence-corrected chi connectivity index (χ1v) is 6.79. The van der Waals surface area contributed by atoms with E-state index < -0.39 is 0 Å². The number of hydrogen-bond donors (Lipinski definition) is 2. The van der Waals surface area contributed by atoms with Crippen LogP contribution in [0.1, 0.15) is 26.3 Å². The zero-order valence-corrected chi connectivity index (χ0v) is 12.3. The molecule has 0 aliphatic heterocycles. The summed E-state index contributed by atoms with van der Waals surface area (Å²) in [7, 11) is 2.08. The predicted molar refractivity (Wildman–Crippen MR) is 80.1 cm³/mol. The van der Waals surface area contributed by atoms with Crippen LogP contribution < -0.4 is 0 Å². The van der Waals surface area contributed by atoms with Crippen molar-refractivity contribution in [3.63, 3.8) is 0 Å². The van der Waals surface area contributed by atoms with Gasteiger partial charge in [0.15, 0.2) is 0 Å². The molecule has 0 spiro atoms. The summed E-state index contributed by atoms with van der Waals surface area (Å²) in [6.45, 7) is 7.53. The molecule has 2 N–H and O–H groups in total. The fourth-order valence-corrected chi connectivity index (χ4v) is 2.74. The number of nitrogens with zero attached hydrogens (tertiary/aromatic N) is 1. The second-order valence-electron chi connectivity index (χ2n) is 6.34. The molecule has 1 heterocycles. The lowest BCUT2D eigenvalue weighted by Crippen LogP contribution is -2.43. The average molecular weight is 260 g/mol. The van der Waals surface area contributed by atoms with Crippen LogP contribution in [-0.2, 0) is 6.54 Å². The summed E-state index contributed by atoms with van der Waals surface area (Å²) in [5, 5.41) is 10.9. The van der Waals surface area contributed by atoms with Gasteiger partial charge >= 0.3 is 0 Å². The molecule has 1 unspecified atom stereocenters. The Balaban J connectivity index is 2.23. The summed E-state index contributed by atoms with van der Waals surface area (Å²) in [6, 6.07) is 8.59. The third-order valence-corrected chi connectivity index (χ3v) is 3.81. The molecule has 0 saturated carbocycles. The molecular weight excluding hydrogens is 236 g/mol. The van der Waals surface area contributed by atoms with E-state index in [9.17, 15) is 5.11 Å². The average Bonchev–Trinajstić information content (AvgIpc) is 2.77. The van der Waals surface area contributed by atoms with Crippen molar-refractivity contribution in [2.45, 2.75) is 33.4 Å². The number of fused-ring (bicyclic) bond motifs is 1. The lowest BCUT2D eigenvalue weighted by Gasteiger charge is -2.37. The van der Waals surface area contributed by atoms with Gasteiger partial charge in [0.2, 0.25) is 0 Å². The molecule has 1 aromatic heterocycles. The molecular formula is C16H24N2O. The van der Waals surface area contributed by atoms with Crippen molar-refractivity contribution in [1.82, 2.24) is 9.88 Å². The zero-order valence-electron chi connectivity index (χ0n) is 12.3. The van der Waals surface area contributed by atoms with E-state index in [-0.39, 0.29) is 18.1 Å². The lowest BCUT2D eigenvalue weighted by atomic mass is 9.86. The summed E-state index contributed by atoms with van der Waals surface area (Å²) >= 11 is 0. The molecule has 3 nitrogen and oxygen atoms in total. The highest BCUT2D eigenvalue weighted by atomic mass is 16.3. The van der Waals surface area contributed by atoms with Gasteiger partial charge < -0.3 is 10.1 Å². The SMILES string of the molecule is CN(Cc1cccc2[nH]ccc12)C(CO)C(C)(C)C. The molecule has 1 atom stereocenters. The van der Waals surface area contributed by atoms with E-state index in [4.69, 9.17) is 0 Å². The van der Waals surface area contributed by atoms with Crippen molar-refractivity contribution in [3.8, 4) is 0 Å². The minimum atomic E-state index is 0.0650. The van der Waals surface area contributed by atoms with Crippen molar-refractivity contribution in [2.24, 2.45) is 5.41 Å². The minimum Gasteiger partial charge on any atom is -0.395 e. The van der Waals surface area contributed by atoms with E-state index >= 15 is 0 Å². The number of aromatic nitrogens is 1. The molecule has 2 aromatic rings. The Morgan fingerprint density at radius 1 is 1.26 bits per heavy atom. The summed E-state index contributed by atoms with van der Waals surface area (Å²) in [5.74, 6) is 0. The van der Waals surface area contributed by atoms with E-state index in [2.05, 4.69) is 62.0 Å². The van der Waals surface area contributed by atoms with Crippen molar-refractivity contribution < 1.29 is 5.11 Å². The predicted octanol–water partition coefficient (Wildman–Crippen LogP) is 3.01. The van der Waals surface area contributed by atoms with Gasteiger partial charge in [-0.25, -0.2) is 0 Å². The number of aliphatic hydroxyl groups is 1. The Morgan fingerprint density at radius 2 is 2.00 bits per heavy atom. The van der Waals surface area contributed by atoms with E-state index in [0.29, 0.717) is 0 Å². The molecule has 0 radical (unpaired) electrons. The monoisotopic (exact) mass is 260 g/mol. The number of likely N-dealkylation sites (N-methyl/N-ethyl adjacent to an activating group) is 1. The fourth-order valence-electron chi connectivity index (χ4n) is 2.74. The minimum absolute atomic E-state index is 0.0650. The van der Waals surface area contributed by atoms with E-state index in [1.165, 1.54) is 16.5 Å². The Hall–Kier alpha value is -1.32. The van der Waals surface area contributed by atoms with Gasteiger partial charge in [-0.2, -0.15) is 0 Å². The second-order valence-corrected chi connectivity index (χ2v) is 6.34. The van der Waals surface area contributed by atoms with Crippen LogP contribution >= 0.6 is 0 Å². The maximum atomic E-state index is 9.64. The highest BCUT2D eigenvalue weighted by Gasteiger charge is 2.27. The van der Waals surface area contributed by atoms with Crippen molar-refractivity contribution in [1.29, 1.82) is 0 Å². The number of nitrogens with one attached hydrogen (secondary N) is 1. The Kier molecular flexibility index (Phi) is 3.97. The quantitative estimate of drug-likeness (QED) is 0.887. The maximum Gasteiger partial charge on any atom is 0.0591 e. The molecule has 0 saturated heterocycles. The molecule has 3 heteroatoms. The molecule has 0 aliphatic rings. The molecule has 0 aliphatic carbocycles. The van der Waals surface area contributed by atoms with Gasteiger partial charge in [-0.3, -0.25) is 4.90 Å². The Bertz CT molecular complexity index is 539. The number of rotatable bonds is 4. The van der Waals surface area contributed by atoms with Gasteiger partial charge in [0.1, 0.15) is 0 Å². The number of aromatic amines is 1. The van der Waals surface area contributed by atoms with Gasteiger partial charge in [0.05, 0.1) is 6.61 Å². The van der Waals surface area contributed by atoms with Crippen LogP contribution in [-0.4, -0.2) is 34.7 Å². The molecule has 0 amide bonds. The first-order chi connectivity index (χ1) is 8.93. The van der Waals surface area contributed by atoms with Crippen LogP contribution in [0.2, 0.25) is 0 Å². The standard InChI is InChI=1S/C16H24N2O/c1-16(2,3)15(11-19)18(4)10-12-6-5-7-14-13(12)8-9-17-14/h5-9,15,17,19H,10-11H2,1-4H3. The smallest absolute Gasteiger partial charge is 0.0591 e. The van der Waals surface area contributed by atoms with E-state index in [0.717, 1.165) is 6.54 Å². The van der Waals surface area contributed by atoms with Gasteiger partial charge in [-0.1, -0.05) is 32.9 Å². The summed E-state index contributed by atoms with van der Waals surface area (Å²) < 4.78 is 0. The highest BCUT2D eigenvalue weighted by molar-refractivity contribution is 5.82. The van der Waals surface area contributed by atoms with Crippen LogP contribution in [0.25, 0.3) is 10.9 Å². The first-order valence-electron chi connectivity index (χ1n) is 6.79. The molecule has 19 heavy (non-hydrogen) atoms. The molecule has 0 bridgehead atoms. The fraction of sp³-hybridized carbons (Fsp3) is 0.500. The van der Waals surface area contributed by atoms with Crippen molar-refractivity contribution in [2.75, 3.05) is 13.7 Å². The normalized spacial score (nSPS) is 14.2. The largest absolute Gasteiger partial charge is 0.395 e. The first kappa shape index (κ1) is 14.1. The third kappa shape index (κ3) is 2.99. The van der Waals surface area contributed by atoms with Crippen LogP contribution in [0.15, 0.2) is 30.5 Å². The topological polar surface area (TPSA) is 39.3 Å². The number of H-pyrrole nitrogens is 1. The third-order valence-electron chi connectivity index (χ3n) is 3.81. The maximum absolute atomic E-state index is 9.64. The van der Waals surface area contributed by atoms with Crippen molar-refractivity contribution >= 4 is 10.9 Å². The summed E-state index contributed by atoms with van der Waals surface area (Å²) in [4.78, 5) is 5.48. The number of aliphatic hydroxyl groups excluding tert-OH is 1. The van der Waals surface area contributed by atoms with Crippen molar-refractivity contribution in [3.05, 3.63) is 36.0 Å². The number of hydrogen-bond acceptors (Lipinski definition) is 2. The van der Waals surface area contributed by atoms with Crippen LogP contribution in [0.3, 0.4) is 0 Å². The highest BCUT2D eigenvalue weighted by Crippen LogP contribution is 2.26. The van der Waals surface area contributed by atoms with E-state index in [1.807, 2.05) is 6.20 Å². The van der Waals surface area contributed by atoms with Crippen LogP contribution in [0.5, 0.6) is 0 Å². The molecule has 0 fully saturated rings. The van der Waals surface area contributed by atoms with Gasteiger partial charge in [-0.15, -0.1) is 0 Å². The van der Waals surface area contributed by atoms with Gasteiger partial charge in [0.25, 0.3) is 0 Å². The Labute approximate surface area is 115 Å². The number of benzene rings is 1. The van der Waals surface area contributed by atoms with Crippen LogP contribution in [0.4, 0.5) is 0 Å². The second kappa shape index (κ2) is 5.35. The summed E-state index contributed by atoms with van der Waals surface area (Å²) in [5.41, 5.74) is 2.53. The molecule has 1 aromatic carbocycles.